The van der Waals surface area contributed by atoms with E-state index in [-0.39, 0.29) is 24.2 Å². The maximum atomic E-state index is 12.9. The van der Waals surface area contributed by atoms with E-state index < -0.39 is 0 Å². The Morgan fingerprint density at radius 2 is 1.90 bits per heavy atom. The van der Waals surface area contributed by atoms with Crippen molar-refractivity contribution in [1.82, 2.24) is 4.90 Å². The molecule has 0 unspecified atom stereocenters. The van der Waals surface area contributed by atoms with Crippen LogP contribution in [-0.2, 0) is 16.1 Å². The monoisotopic (exact) mass is 423 g/mol. The summed E-state index contributed by atoms with van der Waals surface area (Å²) in [4.78, 5) is 29.7. The summed E-state index contributed by atoms with van der Waals surface area (Å²) in [5, 5.41) is 3.04. The van der Waals surface area contributed by atoms with Gasteiger partial charge in [-0.15, -0.1) is 0 Å². The predicted octanol–water partition coefficient (Wildman–Crippen LogP) is 3.84. The van der Waals surface area contributed by atoms with E-state index in [2.05, 4.69) is 22.3 Å². The third kappa shape index (κ3) is 4.71. The summed E-state index contributed by atoms with van der Waals surface area (Å²) in [6.45, 7) is 7.63. The Labute approximate surface area is 182 Å². The fourth-order valence-electron chi connectivity index (χ4n) is 4.15. The number of nitrogens with zero attached hydrogens (tertiary/aromatic N) is 2. The number of benzene rings is 2. The minimum absolute atomic E-state index is 0.0144. The first kappa shape index (κ1) is 20.9. The molecule has 0 bridgehead atoms. The van der Waals surface area contributed by atoms with Crippen LogP contribution in [0.15, 0.2) is 42.5 Å². The molecule has 6 heteroatoms. The SMILES string of the molecule is Cc1cccc(N2C[C@@H](C(=O)Nc3cccc(CN4CCSCC4)c3)CC2=O)c1C. The van der Waals surface area contributed by atoms with E-state index in [0.29, 0.717) is 6.54 Å². The topological polar surface area (TPSA) is 52.7 Å². The molecule has 0 aliphatic carbocycles. The minimum atomic E-state index is -0.333. The summed E-state index contributed by atoms with van der Waals surface area (Å²) in [5.74, 6) is 1.97. The van der Waals surface area contributed by atoms with Crippen LogP contribution >= 0.6 is 11.8 Å². The molecule has 158 valence electrons. The number of rotatable bonds is 5. The largest absolute Gasteiger partial charge is 0.326 e. The van der Waals surface area contributed by atoms with Crippen LogP contribution in [-0.4, -0.2) is 47.9 Å². The Kier molecular flexibility index (Phi) is 6.44. The standard InChI is InChI=1S/C24H29N3O2S/c1-17-5-3-8-22(18(17)2)27-16-20(14-23(27)28)24(29)25-21-7-4-6-19(13-21)15-26-9-11-30-12-10-26/h3-8,13,20H,9-12,14-16H2,1-2H3,(H,25,29)/t20-/m0/s1. The Hall–Kier alpha value is -2.31. The zero-order valence-electron chi connectivity index (χ0n) is 17.7. The van der Waals surface area contributed by atoms with Gasteiger partial charge in [-0.05, 0) is 48.7 Å². The summed E-state index contributed by atoms with van der Waals surface area (Å²) in [7, 11) is 0. The average Bonchev–Trinajstić information content (AvgIpc) is 3.13. The van der Waals surface area contributed by atoms with Crippen molar-refractivity contribution in [1.29, 1.82) is 0 Å². The Bertz CT molecular complexity index is 940. The Balaban J connectivity index is 1.40. The zero-order valence-corrected chi connectivity index (χ0v) is 18.5. The van der Waals surface area contributed by atoms with Gasteiger partial charge < -0.3 is 10.2 Å². The molecule has 2 fully saturated rings. The first-order valence-electron chi connectivity index (χ1n) is 10.6. The lowest BCUT2D eigenvalue weighted by atomic mass is 10.1. The van der Waals surface area contributed by atoms with Gasteiger partial charge in [-0.1, -0.05) is 24.3 Å². The first-order chi connectivity index (χ1) is 14.5. The predicted molar refractivity (Wildman–Crippen MR) is 124 cm³/mol. The van der Waals surface area contributed by atoms with E-state index in [9.17, 15) is 9.59 Å². The van der Waals surface area contributed by atoms with E-state index in [4.69, 9.17) is 0 Å². The van der Waals surface area contributed by atoms with Crippen molar-refractivity contribution < 1.29 is 9.59 Å². The molecule has 2 amide bonds. The van der Waals surface area contributed by atoms with Crippen LogP contribution in [0.5, 0.6) is 0 Å². The van der Waals surface area contributed by atoms with E-state index in [0.717, 1.165) is 42.1 Å². The molecule has 5 nitrogen and oxygen atoms in total. The van der Waals surface area contributed by atoms with Crippen LogP contribution in [0.25, 0.3) is 0 Å². The smallest absolute Gasteiger partial charge is 0.229 e. The van der Waals surface area contributed by atoms with Gasteiger partial charge in [-0.2, -0.15) is 11.8 Å². The van der Waals surface area contributed by atoms with Crippen LogP contribution in [0.2, 0.25) is 0 Å². The third-order valence-corrected chi connectivity index (χ3v) is 7.01. The van der Waals surface area contributed by atoms with Gasteiger partial charge in [0.2, 0.25) is 11.8 Å². The molecule has 2 aromatic rings. The van der Waals surface area contributed by atoms with Gasteiger partial charge in [0.05, 0.1) is 5.92 Å². The number of hydrogen-bond acceptors (Lipinski definition) is 4. The molecule has 2 aliphatic rings. The lowest BCUT2D eigenvalue weighted by Gasteiger charge is -2.26. The van der Waals surface area contributed by atoms with Crippen molar-refractivity contribution >= 4 is 35.0 Å². The molecule has 0 radical (unpaired) electrons. The summed E-state index contributed by atoms with van der Waals surface area (Å²) >= 11 is 2.00. The van der Waals surface area contributed by atoms with Crippen LogP contribution < -0.4 is 10.2 Å². The molecule has 30 heavy (non-hydrogen) atoms. The normalized spacial score (nSPS) is 19.9. The van der Waals surface area contributed by atoms with Crippen LogP contribution in [0.1, 0.15) is 23.1 Å². The molecule has 1 atom stereocenters. The van der Waals surface area contributed by atoms with Gasteiger partial charge in [-0.25, -0.2) is 0 Å². The maximum Gasteiger partial charge on any atom is 0.229 e. The maximum absolute atomic E-state index is 12.9. The van der Waals surface area contributed by atoms with E-state index in [1.54, 1.807) is 4.90 Å². The molecular weight excluding hydrogens is 394 g/mol. The summed E-state index contributed by atoms with van der Waals surface area (Å²) in [6, 6.07) is 14.0. The fourth-order valence-corrected chi connectivity index (χ4v) is 5.13. The molecule has 0 aromatic heterocycles. The Morgan fingerprint density at radius 3 is 2.70 bits per heavy atom. The van der Waals surface area contributed by atoms with Crippen molar-refractivity contribution in [3.63, 3.8) is 0 Å². The number of nitrogens with one attached hydrogen (secondary N) is 1. The quantitative estimate of drug-likeness (QED) is 0.794. The second-order valence-corrected chi connectivity index (χ2v) is 9.43. The third-order valence-electron chi connectivity index (χ3n) is 6.07. The number of carbonyl (C=O) groups excluding carboxylic acids is 2. The number of carbonyl (C=O) groups is 2. The van der Waals surface area contributed by atoms with Crippen molar-refractivity contribution in [2.24, 2.45) is 5.92 Å². The van der Waals surface area contributed by atoms with Crippen LogP contribution in [0, 0.1) is 19.8 Å². The molecule has 0 saturated carbocycles. The lowest BCUT2D eigenvalue weighted by Crippen LogP contribution is -2.32. The summed E-state index contributed by atoms with van der Waals surface area (Å²) < 4.78 is 0. The number of aryl methyl sites for hydroxylation is 1. The molecule has 0 spiro atoms. The Morgan fingerprint density at radius 1 is 1.13 bits per heavy atom. The highest BCUT2D eigenvalue weighted by Gasteiger charge is 2.35. The second kappa shape index (κ2) is 9.23. The lowest BCUT2D eigenvalue weighted by molar-refractivity contribution is -0.122. The van der Waals surface area contributed by atoms with Crippen molar-refractivity contribution in [3.05, 3.63) is 59.2 Å². The number of amides is 2. The molecule has 2 saturated heterocycles. The number of anilines is 2. The average molecular weight is 424 g/mol. The molecule has 4 rings (SSSR count). The first-order valence-corrected chi connectivity index (χ1v) is 11.7. The van der Waals surface area contributed by atoms with Crippen LogP contribution in [0.3, 0.4) is 0 Å². The summed E-state index contributed by atoms with van der Waals surface area (Å²) in [6.07, 6.45) is 0.254. The molecule has 2 heterocycles. The molecule has 2 aromatic carbocycles. The van der Waals surface area contributed by atoms with Gasteiger partial charge in [-0.3, -0.25) is 14.5 Å². The van der Waals surface area contributed by atoms with Gasteiger partial charge in [0.1, 0.15) is 0 Å². The van der Waals surface area contributed by atoms with Gasteiger partial charge in [0.15, 0.2) is 0 Å². The highest BCUT2D eigenvalue weighted by atomic mass is 32.2. The highest BCUT2D eigenvalue weighted by Crippen LogP contribution is 2.30. The number of hydrogen-bond donors (Lipinski definition) is 1. The van der Waals surface area contributed by atoms with Gasteiger partial charge in [0, 0.05) is 55.5 Å². The molecular formula is C24H29N3O2S. The highest BCUT2D eigenvalue weighted by molar-refractivity contribution is 7.99. The van der Waals surface area contributed by atoms with E-state index >= 15 is 0 Å². The molecule has 1 N–H and O–H groups in total. The van der Waals surface area contributed by atoms with Gasteiger partial charge in [0.25, 0.3) is 0 Å². The van der Waals surface area contributed by atoms with E-state index in [1.807, 2.05) is 55.9 Å². The minimum Gasteiger partial charge on any atom is -0.326 e. The number of thioether (sulfide) groups is 1. The zero-order chi connectivity index (χ0) is 21.1. The van der Waals surface area contributed by atoms with E-state index in [1.165, 1.54) is 17.1 Å². The molecule has 2 aliphatic heterocycles. The summed E-state index contributed by atoms with van der Waals surface area (Å²) in [5.41, 5.74) is 5.17. The van der Waals surface area contributed by atoms with Crippen molar-refractivity contribution in [2.45, 2.75) is 26.8 Å². The van der Waals surface area contributed by atoms with Crippen LogP contribution in [0.4, 0.5) is 11.4 Å². The van der Waals surface area contributed by atoms with Crippen molar-refractivity contribution in [3.8, 4) is 0 Å². The second-order valence-electron chi connectivity index (χ2n) is 8.20. The fraction of sp³-hybridized carbons (Fsp3) is 0.417. The van der Waals surface area contributed by atoms with Crippen molar-refractivity contribution in [2.75, 3.05) is 41.4 Å². The van der Waals surface area contributed by atoms with Gasteiger partial charge >= 0.3 is 0 Å².